The molecule has 0 amide bonds. The highest BCUT2D eigenvalue weighted by Crippen LogP contribution is 2.43. The van der Waals surface area contributed by atoms with Gasteiger partial charge in [-0.25, -0.2) is 19.9 Å². The van der Waals surface area contributed by atoms with E-state index >= 15 is 0 Å². The van der Waals surface area contributed by atoms with Crippen LogP contribution in [0.25, 0.3) is 200 Å². The molecule has 0 unspecified atom stereocenters. The lowest BCUT2D eigenvalue weighted by Crippen LogP contribution is -2.04. The van der Waals surface area contributed by atoms with Gasteiger partial charge >= 0.3 is 0 Å². The molecule has 0 radical (unpaired) electrons. The number of hydrogen-bond acceptors (Lipinski definition) is 4. The molecule has 0 saturated carbocycles. The highest BCUT2D eigenvalue weighted by atomic mass is 15.2. The molecule has 112 heavy (non-hydrogen) atoms. The summed E-state index contributed by atoms with van der Waals surface area (Å²) in [6.07, 6.45) is 0. The Morgan fingerprint density at radius 2 is 0.411 bits per heavy atom. The standard InChI is InChI=1S/2C52H34N4/c1-4-14-35(15-5-1)36-24-26-37(27-25-36)46-34-51(54-52(53-46)38-16-6-2-7-17-38)56-48-23-13-11-21-43(48)45-33-40(29-31-50(45)56)39-28-30-49-44(32-39)42-20-10-12-22-47(42)55(49)41-18-8-3-9-19-41;1-4-14-35(15-5-1)36-24-26-38(27-25-36)47-34-46(37-16-6-2-7-17-37)53-52(54-47)56-49-23-13-11-21-43(49)45-33-40(29-31-51(45)56)39-28-30-50-44(32-39)42-20-10-12-22-48(42)55(50)41-18-8-3-9-19-41/h2*1-34H. The van der Waals surface area contributed by atoms with Gasteiger partial charge in [-0.05, 0) is 148 Å². The minimum Gasteiger partial charge on any atom is -0.309 e. The number of fused-ring (bicyclic) bond motifs is 12. The second-order valence-corrected chi connectivity index (χ2v) is 28.5. The average Bonchev–Trinajstić information content (AvgIpc) is 1.58. The van der Waals surface area contributed by atoms with Gasteiger partial charge in [0.1, 0.15) is 5.82 Å². The smallest absolute Gasteiger partial charge is 0.235 e. The van der Waals surface area contributed by atoms with E-state index < -0.39 is 0 Å². The lowest BCUT2D eigenvalue weighted by atomic mass is 10.0. The zero-order valence-electron chi connectivity index (χ0n) is 60.8. The van der Waals surface area contributed by atoms with Crippen LogP contribution in [-0.4, -0.2) is 38.2 Å². The van der Waals surface area contributed by atoms with Gasteiger partial charge < -0.3 is 9.13 Å². The molecule has 0 fully saturated rings. The molecule has 22 aromatic rings. The molecule has 524 valence electrons. The predicted molar refractivity (Wildman–Crippen MR) is 465 cm³/mol. The van der Waals surface area contributed by atoms with Crippen molar-refractivity contribution in [2.75, 3.05) is 0 Å². The van der Waals surface area contributed by atoms with Gasteiger partial charge in [0.15, 0.2) is 5.82 Å². The molecule has 0 N–H and O–H groups in total. The fourth-order valence-corrected chi connectivity index (χ4v) is 16.6. The largest absolute Gasteiger partial charge is 0.309 e. The van der Waals surface area contributed by atoms with Crippen molar-refractivity contribution in [3.05, 3.63) is 413 Å². The number of rotatable bonds is 12. The lowest BCUT2D eigenvalue weighted by molar-refractivity contribution is 0.995. The molecule has 0 aliphatic heterocycles. The highest BCUT2D eigenvalue weighted by Gasteiger charge is 2.23. The molecule has 16 aromatic carbocycles. The maximum Gasteiger partial charge on any atom is 0.235 e. The minimum absolute atomic E-state index is 0.641. The third-order valence-electron chi connectivity index (χ3n) is 21.9. The van der Waals surface area contributed by atoms with E-state index in [9.17, 15) is 0 Å². The molecular weight excluding hydrogens is 1360 g/mol. The van der Waals surface area contributed by atoms with Gasteiger partial charge in [-0.1, -0.05) is 303 Å². The van der Waals surface area contributed by atoms with Crippen molar-refractivity contribution in [2.24, 2.45) is 0 Å². The topological polar surface area (TPSA) is 71.3 Å². The van der Waals surface area contributed by atoms with Crippen LogP contribution in [0.1, 0.15) is 0 Å². The highest BCUT2D eigenvalue weighted by molar-refractivity contribution is 6.15. The zero-order valence-corrected chi connectivity index (χ0v) is 60.8. The van der Waals surface area contributed by atoms with Gasteiger partial charge in [-0.2, -0.15) is 0 Å². The van der Waals surface area contributed by atoms with E-state index in [1.54, 1.807) is 0 Å². The van der Waals surface area contributed by atoms with Crippen LogP contribution < -0.4 is 0 Å². The first-order valence-electron chi connectivity index (χ1n) is 38.0. The van der Waals surface area contributed by atoms with Crippen LogP contribution in [0, 0.1) is 0 Å². The van der Waals surface area contributed by atoms with Crippen molar-refractivity contribution in [3.8, 4) is 113 Å². The predicted octanol–water partition coefficient (Wildman–Crippen LogP) is 26.7. The number of para-hydroxylation sites is 6. The number of aromatic nitrogens is 8. The average molecular weight is 1430 g/mol. The second kappa shape index (κ2) is 27.6. The summed E-state index contributed by atoms with van der Waals surface area (Å²) in [7, 11) is 0. The van der Waals surface area contributed by atoms with Crippen molar-refractivity contribution < 1.29 is 0 Å². The fraction of sp³-hybridized carbons (Fsp3) is 0. The molecule has 0 spiro atoms. The van der Waals surface area contributed by atoms with Crippen LogP contribution in [0.3, 0.4) is 0 Å². The summed E-state index contributed by atoms with van der Waals surface area (Å²) in [6.45, 7) is 0. The Labute approximate surface area is 646 Å². The Balaban J connectivity index is 0.000000141. The van der Waals surface area contributed by atoms with Gasteiger partial charge in [-0.3, -0.25) is 9.13 Å². The van der Waals surface area contributed by atoms with Crippen molar-refractivity contribution >= 4 is 87.2 Å². The van der Waals surface area contributed by atoms with Gasteiger partial charge in [0.25, 0.3) is 0 Å². The van der Waals surface area contributed by atoms with Crippen LogP contribution in [-0.2, 0) is 0 Å². The summed E-state index contributed by atoms with van der Waals surface area (Å²) in [6, 6.07) is 146. The van der Waals surface area contributed by atoms with Gasteiger partial charge in [0.2, 0.25) is 5.95 Å². The number of benzene rings is 16. The van der Waals surface area contributed by atoms with Crippen molar-refractivity contribution in [2.45, 2.75) is 0 Å². The van der Waals surface area contributed by atoms with E-state index in [1.165, 1.54) is 93.3 Å². The quantitative estimate of drug-likeness (QED) is 0.122. The Hall–Kier alpha value is -15.1. The fourth-order valence-electron chi connectivity index (χ4n) is 16.6. The van der Waals surface area contributed by atoms with Crippen LogP contribution in [0.2, 0.25) is 0 Å². The van der Waals surface area contributed by atoms with E-state index in [1.807, 2.05) is 36.4 Å². The van der Waals surface area contributed by atoms with Gasteiger partial charge in [0, 0.05) is 82.8 Å². The first kappa shape index (κ1) is 65.2. The summed E-state index contributed by atoms with van der Waals surface area (Å²) in [4.78, 5) is 21.0. The molecule has 6 heterocycles. The third-order valence-corrected chi connectivity index (χ3v) is 21.9. The molecule has 0 aliphatic carbocycles. The third kappa shape index (κ3) is 11.6. The summed E-state index contributed by atoms with van der Waals surface area (Å²) in [5.41, 5.74) is 27.6. The Morgan fingerprint density at radius 1 is 0.152 bits per heavy atom. The van der Waals surface area contributed by atoms with E-state index in [2.05, 4.69) is 394 Å². The van der Waals surface area contributed by atoms with Crippen LogP contribution >= 0.6 is 0 Å². The first-order valence-corrected chi connectivity index (χ1v) is 38.0. The summed E-state index contributed by atoms with van der Waals surface area (Å²) in [5.74, 6) is 2.16. The molecule has 0 aliphatic rings. The van der Waals surface area contributed by atoms with E-state index in [0.29, 0.717) is 11.8 Å². The zero-order chi connectivity index (χ0) is 74.0. The summed E-state index contributed by atoms with van der Waals surface area (Å²) >= 11 is 0. The SMILES string of the molecule is c1ccc(-c2ccc(-c3cc(-c4ccccc4)nc(-n4c5ccccc5c5cc(-c6ccc7c(c6)c6ccccc6n7-c6ccccc6)ccc54)n3)cc2)cc1.c1ccc(-c2ccc(-c3cc(-n4c5ccccc5c5cc(-c6ccc7c(c6)c6ccccc6n7-c6ccccc6)ccc54)nc(-c4ccccc4)n3)cc2)cc1. The second-order valence-electron chi connectivity index (χ2n) is 28.5. The molecule has 8 heteroatoms. The Morgan fingerprint density at radius 3 is 0.804 bits per heavy atom. The van der Waals surface area contributed by atoms with E-state index in [0.717, 1.165) is 94.9 Å². The maximum absolute atomic E-state index is 5.29. The van der Waals surface area contributed by atoms with E-state index in [4.69, 9.17) is 19.9 Å². The molecule has 0 bridgehead atoms. The maximum atomic E-state index is 5.29. The molecule has 22 rings (SSSR count). The van der Waals surface area contributed by atoms with E-state index in [-0.39, 0.29) is 0 Å². The molecule has 0 atom stereocenters. The Bertz CT molecular complexity index is 6870. The van der Waals surface area contributed by atoms with Crippen LogP contribution in [0.5, 0.6) is 0 Å². The van der Waals surface area contributed by atoms with Crippen LogP contribution in [0.4, 0.5) is 0 Å². The van der Waals surface area contributed by atoms with Crippen molar-refractivity contribution in [3.63, 3.8) is 0 Å². The minimum atomic E-state index is 0.641. The van der Waals surface area contributed by atoms with Crippen molar-refractivity contribution in [1.29, 1.82) is 0 Å². The van der Waals surface area contributed by atoms with Crippen molar-refractivity contribution in [1.82, 2.24) is 38.2 Å². The monoisotopic (exact) mass is 1430 g/mol. The lowest BCUT2D eigenvalue weighted by Gasteiger charge is -2.13. The molecule has 0 saturated heterocycles. The van der Waals surface area contributed by atoms with Gasteiger partial charge in [-0.15, -0.1) is 0 Å². The molecule has 6 aromatic heterocycles. The Kier molecular flexibility index (Phi) is 16.1. The summed E-state index contributed by atoms with van der Waals surface area (Å²) in [5, 5.41) is 9.64. The van der Waals surface area contributed by atoms with Crippen LogP contribution in [0.15, 0.2) is 413 Å². The summed E-state index contributed by atoms with van der Waals surface area (Å²) < 4.78 is 9.24. The molecule has 8 nitrogen and oxygen atoms in total. The number of hydrogen-bond donors (Lipinski definition) is 0. The normalized spacial score (nSPS) is 11.6. The number of nitrogens with zero attached hydrogens (tertiary/aromatic N) is 8. The molecular formula is C104H68N8. The van der Waals surface area contributed by atoms with Gasteiger partial charge in [0.05, 0.1) is 61.2 Å². The first-order chi connectivity index (χ1) is 55.5.